The fraction of sp³-hybridized carbons (Fsp3) is 0.167. The van der Waals surface area contributed by atoms with Crippen molar-refractivity contribution in [2.45, 2.75) is 6.92 Å². The molecule has 3 rings (SSSR count). The van der Waals surface area contributed by atoms with Gasteiger partial charge in [0.15, 0.2) is 17.3 Å². The van der Waals surface area contributed by atoms with Gasteiger partial charge in [0.2, 0.25) is 5.95 Å². The van der Waals surface area contributed by atoms with E-state index in [2.05, 4.69) is 25.8 Å². The molecule has 1 heterocycles. The topological polar surface area (TPSA) is 81.2 Å². The molecule has 0 radical (unpaired) electrons. The van der Waals surface area contributed by atoms with E-state index in [1.54, 1.807) is 20.3 Å². The van der Waals surface area contributed by atoms with Gasteiger partial charge in [0.1, 0.15) is 0 Å². The first-order valence-electron chi connectivity index (χ1n) is 7.81. The molecule has 0 aliphatic carbocycles. The average Bonchev–Trinajstić information content (AvgIpc) is 2.64. The van der Waals surface area contributed by atoms with Crippen molar-refractivity contribution >= 4 is 34.7 Å². The number of aryl methyl sites for hydroxylation is 1. The van der Waals surface area contributed by atoms with Crippen LogP contribution in [-0.4, -0.2) is 29.4 Å². The molecule has 0 spiro atoms. The number of halogens is 1. The Morgan fingerprint density at radius 1 is 0.962 bits per heavy atom. The first-order chi connectivity index (χ1) is 12.6. The average molecular weight is 372 g/mol. The van der Waals surface area contributed by atoms with Crippen LogP contribution in [0.3, 0.4) is 0 Å². The summed E-state index contributed by atoms with van der Waals surface area (Å²) in [6, 6.07) is 11.0. The van der Waals surface area contributed by atoms with Gasteiger partial charge in [0.25, 0.3) is 0 Å². The van der Waals surface area contributed by atoms with Crippen molar-refractivity contribution in [3.63, 3.8) is 0 Å². The normalized spacial score (nSPS) is 10.3. The standard InChI is InChI=1S/C18H18ClN5O2/c1-11-8-12(19)4-6-14(11)22-18-23-17(10-20-24-18)21-13-5-7-15(25-2)16(9-13)26-3/h4-10H,1-3H3,(H2,21,22,23,24). The monoisotopic (exact) mass is 371 g/mol. The van der Waals surface area contributed by atoms with Crippen LogP contribution in [0.15, 0.2) is 42.6 Å². The van der Waals surface area contributed by atoms with E-state index in [0.717, 1.165) is 16.9 Å². The van der Waals surface area contributed by atoms with Crippen LogP contribution in [0.1, 0.15) is 5.56 Å². The Balaban J connectivity index is 1.79. The smallest absolute Gasteiger partial charge is 0.249 e. The number of anilines is 4. The van der Waals surface area contributed by atoms with Crippen molar-refractivity contribution in [1.29, 1.82) is 0 Å². The minimum atomic E-state index is 0.376. The third kappa shape index (κ3) is 4.12. The Hall–Kier alpha value is -3.06. The molecule has 8 heteroatoms. The summed E-state index contributed by atoms with van der Waals surface area (Å²) < 4.78 is 10.5. The lowest BCUT2D eigenvalue weighted by atomic mass is 10.2. The van der Waals surface area contributed by atoms with Crippen molar-refractivity contribution in [2.75, 3.05) is 24.9 Å². The van der Waals surface area contributed by atoms with Crippen molar-refractivity contribution < 1.29 is 9.47 Å². The number of rotatable bonds is 6. The lowest BCUT2D eigenvalue weighted by Crippen LogP contribution is -2.03. The first kappa shape index (κ1) is 17.8. The maximum Gasteiger partial charge on any atom is 0.249 e. The van der Waals surface area contributed by atoms with Crippen LogP contribution < -0.4 is 20.1 Å². The number of benzene rings is 2. The van der Waals surface area contributed by atoms with Gasteiger partial charge in [-0.25, -0.2) is 0 Å². The Morgan fingerprint density at radius 2 is 1.77 bits per heavy atom. The second-order valence-electron chi connectivity index (χ2n) is 5.44. The van der Waals surface area contributed by atoms with E-state index in [1.165, 1.54) is 6.20 Å². The summed E-state index contributed by atoms with van der Waals surface area (Å²) in [4.78, 5) is 4.42. The highest BCUT2D eigenvalue weighted by Crippen LogP contribution is 2.31. The molecule has 2 N–H and O–H groups in total. The second-order valence-corrected chi connectivity index (χ2v) is 5.88. The maximum atomic E-state index is 5.98. The highest BCUT2D eigenvalue weighted by atomic mass is 35.5. The van der Waals surface area contributed by atoms with Gasteiger partial charge in [-0.05, 0) is 42.8 Å². The zero-order valence-electron chi connectivity index (χ0n) is 14.6. The Kier molecular flexibility index (Phi) is 5.38. The predicted octanol–water partition coefficient (Wildman–Crippen LogP) is 4.34. The molecule has 0 amide bonds. The van der Waals surface area contributed by atoms with Crippen molar-refractivity contribution in [1.82, 2.24) is 15.2 Å². The number of ether oxygens (including phenoxy) is 2. The molecule has 0 saturated heterocycles. The highest BCUT2D eigenvalue weighted by Gasteiger charge is 2.07. The van der Waals surface area contributed by atoms with E-state index >= 15 is 0 Å². The molecule has 134 valence electrons. The van der Waals surface area contributed by atoms with Crippen LogP contribution in [0.25, 0.3) is 0 Å². The van der Waals surface area contributed by atoms with E-state index in [1.807, 2.05) is 37.3 Å². The van der Waals surface area contributed by atoms with Crippen LogP contribution in [0, 0.1) is 6.92 Å². The number of nitrogens with zero attached hydrogens (tertiary/aromatic N) is 3. The molecule has 0 saturated carbocycles. The van der Waals surface area contributed by atoms with Crippen molar-refractivity contribution in [2.24, 2.45) is 0 Å². The third-order valence-electron chi connectivity index (χ3n) is 3.65. The van der Waals surface area contributed by atoms with E-state index in [0.29, 0.717) is 28.3 Å². The molecule has 1 aromatic heterocycles. The molecule has 7 nitrogen and oxygen atoms in total. The zero-order chi connectivity index (χ0) is 18.5. The quantitative estimate of drug-likeness (QED) is 0.667. The van der Waals surface area contributed by atoms with Gasteiger partial charge in [-0.15, -0.1) is 5.10 Å². The molecule has 26 heavy (non-hydrogen) atoms. The van der Waals surface area contributed by atoms with Crippen LogP contribution in [0.2, 0.25) is 5.02 Å². The number of hydrogen-bond acceptors (Lipinski definition) is 7. The van der Waals surface area contributed by atoms with Crippen LogP contribution in [0.4, 0.5) is 23.1 Å². The van der Waals surface area contributed by atoms with Gasteiger partial charge in [-0.3, -0.25) is 0 Å². The lowest BCUT2D eigenvalue weighted by Gasteiger charge is -2.12. The van der Waals surface area contributed by atoms with Gasteiger partial charge in [0.05, 0.1) is 20.4 Å². The summed E-state index contributed by atoms with van der Waals surface area (Å²) in [5.41, 5.74) is 2.63. The number of methoxy groups -OCH3 is 2. The Bertz CT molecular complexity index is 920. The van der Waals surface area contributed by atoms with Crippen LogP contribution in [-0.2, 0) is 0 Å². The molecule has 0 bridgehead atoms. The molecule has 0 fully saturated rings. The van der Waals surface area contributed by atoms with Gasteiger partial charge >= 0.3 is 0 Å². The molecule has 0 aliphatic rings. The summed E-state index contributed by atoms with van der Waals surface area (Å²) >= 11 is 5.98. The molecule has 0 unspecified atom stereocenters. The first-order valence-corrected chi connectivity index (χ1v) is 8.19. The van der Waals surface area contributed by atoms with Crippen molar-refractivity contribution in [3.05, 3.63) is 53.2 Å². The van der Waals surface area contributed by atoms with Crippen molar-refractivity contribution in [3.8, 4) is 11.5 Å². The van der Waals surface area contributed by atoms with Gasteiger partial charge < -0.3 is 20.1 Å². The summed E-state index contributed by atoms with van der Waals surface area (Å²) in [5.74, 6) is 2.19. The maximum absolute atomic E-state index is 5.98. The molecular weight excluding hydrogens is 354 g/mol. The summed E-state index contributed by atoms with van der Waals surface area (Å²) in [5, 5.41) is 15.0. The SMILES string of the molecule is COc1ccc(Nc2cnnc(Nc3ccc(Cl)cc3C)n2)cc1OC. The molecule has 3 aromatic rings. The van der Waals surface area contributed by atoms with Crippen LogP contribution in [0.5, 0.6) is 11.5 Å². The fourth-order valence-electron chi connectivity index (χ4n) is 2.37. The van der Waals surface area contributed by atoms with E-state index < -0.39 is 0 Å². The summed E-state index contributed by atoms with van der Waals surface area (Å²) in [6.07, 6.45) is 1.54. The molecular formula is C18H18ClN5O2. The molecule has 0 aliphatic heterocycles. The predicted molar refractivity (Wildman–Crippen MR) is 102 cm³/mol. The zero-order valence-corrected chi connectivity index (χ0v) is 15.3. The lowest BCUT2D eigenvalue weighted by molar-refractivity contribution is 0.355. The number of nitrogens with one attached hydrogen (secondary N) is 2. The largest absolute Gasteiger partial charge is 0.493 e. The number of hydrogen-bond donors (Lipinski definition) is 2. The van der Waals surface area contributed by atoms with E-state index in [4.69, 9.17) is 21.1 Å². The number of aromatic nitrogens is 3. The Morgan fingerprint density at radius 3 is 2.50 bits per heavy atom. The Labute approximate surface area is 156 Å². The van der Waals surface area contributed by atoms with Gasteiger partial charge in [-0.2, -0.15) is 10.1 Å². The summed E-state index contributed by atoms with van der Waals surface area (Å²) in [7, 11) is 3.18. The van der Waals surface area contributed by atoms with Gasteiger partial charge in [0, 0.05) is 22.5 Å². The summed E-state index contributed by atoms with van der Waals surface area (Å²) in [6.45, 7) is 1.95. The minimum absolute atomic E-state index is 0.376. The second kappa shape index (κ2) is 7.88. The highest BCUT2D eigenvalue weighted by molar-refractivity contribution is 6.30. The van der Waals surface area contributed by atoms with E-state index in [9.17, 15) is 0 Å². The third-order valence-corrected chi connectivity index (χ3v) is 3.88. The molecule has 0 atom stereocenters. The molecule has 2 aromatic carbocycles. The van der Waals surface area contributed by atoms with Crippen LogP contribution >= 0.6 is 11.6 Å². The fourth-order valence-corrected chi connectivity index (χ4v) is 2.59. The minimum Gasteiger partial charge on any atom is -0.493 e. The van der Waals surface area contributed by atoms with E-state index in [-0.39, 0.29) is 0 Å². The van der Waals surface area contributed by atoms with Gasteiger partial charge in [-0.1, -0.05) is 11.6 Å².